The van der Waals surface area contributed by atoms with Crippen LogP contribution in [-0.2, 0) is 11.3 Å². The van der Waals surface area contributed by atoms with Gasteiger partial charge in [-0.05, 0) is 43.3 Å². The second kappa shape index (κ2) is 9.01. The highest BCUT2D eigenvalue weighted by atomic mass is 16.5. The molecule has 0 saturated carbocycles. The lowest BCUT2D eigenvalue weighted by molar-refractivity contribution is 0.102. The molecule has 0 saturated heterocycles. The minimum atomic E-state index is -0.233. The monoisotopic (exact) mass is 378 g/mol. The second-order valence-electron chi connectivity index (χ2n) is 6.10. The third kappa shape index (κ3) is 4.66. The molecular formula is C22H22N2O4. The maximum atomic E-state index is 12.6. The minimum Gasteiger partial charge on any atom is -0.493 e. The van der Waals surface area contributed by atoms with E-state index >= 15 is 0 Å². The predicted octanol–water partition coefficient (Wildman–Crippen LogP) is 4.59. The Morgan fingerprint density at radius 3 is 2.50 bits per heavy atom. The van der Waals surface area contributed by atoms with E-state index in [1.54, 1.807) is 45.4 Å². The van der Waals surface area contributed by atoms with Crippen molar-refractivity contribution in [2.75, 3.05) is 19.5 Å². The van der Waals surface area contributed by atoms with Crippen molar-refractivity contribution in [3.8, 4) is 17.2 Å². The fourth-order valence-corrected chi connectivity index (χ4v) is 2.75. The molecule has 0 radical (unpaired) electrons. The van der Waals surface area contributed by atoms with Crippen LogP contribution in [-0.4, -0.2) is 25.1 Å². The zero-order chi connectivity index (χ0) is 19.9. The lowest BCUT2D eigenvalue weighted by Gasteiger charge is -2.12. The van der Waals surface area contributed by atoms with Gasteiger partial charge in [-0.15, -0.1) is 0 Å². The zero-order valence-corrected chi connectivity index (χ0v) is 16.1. The molecule has 3 rings (SSSR count). The summed E-state index contributed by atoms with van der Waals surface area (Å²) in [5.74, 6) is 1.59. The maximum Gasteiger partial charge on any atom is 0.257 e. The number of para-hydroxylation sites is 2. The van der Waals surface area contributed by atoms with Crippen LogP contribution in [0.15, 0.2) is 60.7 Å². The van der Waals surface area contributed by atoms with Gasteiger partial charge in [0, 0.05) is 18.9 Å². The van der Waals surface area contributed by atoms with Crippen LogP contribution in [0.3, 0.4) is 0 Å². The van der Waals surface area contributed by atoms with Gasteiger partial charge in [0.05, 0.1) is 30.7 Å². The second-order valence-corrected chi connectivity index (χ2v) is 6.10. The first-order valence-electron chi connectivity index (χ1n) is 8.78. The van der Waals surface area contributed by atoms with E-state index in [1.807, 2.05) is 36.4 Å². The van der Waals surface area contributed by atoms with Crippen LogP contribution in [0.25, 0.3) is 0 Å². The number of methoxy groups -OCH3 is 2. The van der Waals surface area contributed by atoms with Crippen LogP contribution < -0.4 is 14.8 Å². The molecule has 1 amide bonds. The molecule has 0 fully saturated rings. The molecule has 1 N–H and O–H groups in total. The average molecular weight is 378 g/mol. The van der Waals surface area contributed by atoms with Gasteiger partial charge in [-0.3, -0.25) is 9.78 Å². The summed E-state index contributed by atoms with van der Waals surface area (Å²) in [7, 11) is 3.20. The number of benzene rings is 2. The zero-order valence-electron chi connectivity index (χ0n) is 16.1. The first-order valence-corrected chi connectivity index (χ1v) is 8.78. The fourth-order valence-electron chi connectivity index (χ4n) is 2.75. The van der Waals surface area contributed by atoms with Gasteiger partial charge >= 0.3 is 0 Å². The Hall–Kier alpha value is -3.38. The van der Waals surface area contributed by atoms with Crippen molar-refractivity contribution in [1.82, 2.24) is 4.98 Å². The van der Waals surface area contributed by atoms with E-state index in [1.165, 1.54) is 0 Å². The standard InChI is InChI=1S/C22H22N2O4/c1-15-19(12-11-17(23-15)14-26-2)22(25)24-16-7-6-8-18(13-16)28-21-10-5-4-9-20(21)27-3/h4-13H,14H2,1-3H3,(H,24,25). The van der Waals surface area contributed by atoms with Crippen LogP contribution in [0.1, 0.15) is 21.7 Å². The largest absolute Gasteiger partial charge is 0.493 e. The van der Waals surface area contributed by atoms with Gasteiger partial charge in [-0.2, -0.15) is 0 Å². The molecule has 28 heavy (non-hydrogen) atoms. The summed E-state index contributed by atoms with van der Waals surface area (Å²) in [5, 5.41) is 2.88. The van der Waals surface area contributed by atoms with E-state index in [9.17, 15) is 4.79 Å². The SMILES string of the molecule is COCc1ccc(C(=O)Nc2cccc(Oc3ccccc3OC)c2)c(C)n1. The predicted molar refractivity (Wildman–Crippen MR) is 107 cm³/mol. The van der Waals surface area contributed by atoms with Crippen LogP contribution in [0, 0.1) is 6.92 Å². The van der Waals surface area contributed by atoms with Gasteiger partial charge in [-0.25, -0.2) is 0 Å². The number of ether oxygens (including phenoxy) is 3. The highest BCUT2D eigenvalue weighted by Gasteiger charge is 2.12. The van der Waals surface area contributed by atoms with E-state index in [0.29, 0.717) is 40.8 Å². The van der Waals surface area contributed by atoms with Crippen LogP contribution >= 0.6 is 0 Å². The molecule has 0 atom stereocenters. The van der Waals surface area contributed by atoms with Crippen molar-refractivity contribution in [3.05, 3.63) is 77.6 Å². The van der Waals surface area contributed by atoms with Crippen LogP contribution in [0.2, 0.25) is 0 Å². The third-order valence-corrected chi connectivity index (χ3v) is 4.07. The molecule has 6 heteroatoms. The summed E-state index contributed by atoms with van der Waals surface area (Å²) in [6.07, 6.45) is 0. The Bertz CT molecular complexity index is 972. The first-order chi connectivity index (χ1) is 13.6. The van der Waals surface area contributed by atoms with Gasteiger partial charge in [0.15, 0.2) is 11.5 Å². The van der Waals surface area contributed by atoms with E-state index in [4.69, 9.17) is 14.2 Å². The summed E-state index contributed by atoms with van der Waals surface area (Å²) in [6.45, 7) is 2.21. The highest BCUT2D eigenvalue weighted by molar-refractivity contribution is 6.05. The number of carbonyl (C=O) groups excluding carboxylic acids is 1. The molecule has 2 aromatic carbocycles. The Morgan fingerprint density at radius 2 is 1.79 bits per heavy atom. The Balaban J connectivity index is 1.75. The quantitative estimate of drug-likeness (QED) is 0.651. The van der Waals surface area contributed by atoms with Gasteiger partial charge in [-0.1, -0.05) is 18.2 Å². The van der Waals surface area contributed by atoms with Crippen LogP contribution in [0.5, 0.6) is 17.2 Å². The molecule has 0 aliphatic carbocycles. The lowest BCUT2D eigenvalue weighted by atomic mass is 10.1. The Kier molecular flexibility index (Phi) is 6.24. The van der Waals surface area contributed by atoms with Gasteiger partial charge in [0.2, 0.25) is 0 Å². The van der Waals surface area contributed by atoms with E-state index in [0.717, 1.165) is 5.69 Å². The van der Waals surface area contributed by atoms with Gasteiger partial charge in [0.25, 0.3) is 5.91 Å². The van der Waals surface area contributed by atoms with Gasteiger partial charge < -0.3 is 19.5 Å². The number of pyridine rings is 1. The van der Waals surface area contributed by atoms with Crippen molar-refractivity contribution in [2.45, 2.75) is 13.5 Å². The van der Waals surface area contributed by atoms with E-state index < -0.39 is 0 Å². The normalized spacial score (nSPS) is 10.4. The third-order valence-electron chi connectivity index (χ3n) is 4.07. The summed E-state index contributed by atoms with van der Waals surface area (Å²) in [6, 6.07) is 18.1. The summed E-state index contributed by atoms with van der Waals surface area (Å²) in [4.78, 5) is 17.0. The number of hydrogen-bond donors (Lipinski definition) is 1. The van der Waals surface area contributed by atoms with Crippen molar-refractivity contribution in [1.29, 1.82) is 0 Å². The number of hydrogen-bond acceptors (Lipinski definition) is 5. The van der Waals surface area contributed by atoms with Crippen molar-refractivity contribution >= 4 is 11.6 Å². The van der Waals surface area contributed by atoms with Gasteiger partial charge in [0.1, 0.15) is 5.75 Å². The topological polar surface area (TPSA) is 69.7 Å². The molecule has 0 spiro atoms. The summed E-state index contributed by atoms with van der Waals surface area (Å²) in [5.41, 5.74) is 2.56. The molecule has 144 valence electrons. The number of amides is 1. The van der Waals surface area contributed by atoms with Crippen molar-refractivity contribution in [3.63, 3.8) is 0 Å². The molecule has 1 aromatic heterocycles. The molecular weight excluding hydrogens is 356 g/mol. The molecule has 1 heterocycles. The Morgan fingerprint density at radius 1 is 1.00 bits per heavy atom. The van der Waals surface area contributed by atoms with E-state index in [2.05, 4.69) is 10.3 Å². The first kappa shape index (κ1) is 19.4. The minimum absolute atomic E-state index is 0.233. The number of rotatable bonds is 7. The molecule has 6 nitrogen and oxygen atoms in total. The van der Waals surface area contributed by atoms with Crippen molar-refractivity contribution < 1.29 is 19.0 Å². The maximum absolute atomic E-state index is 12.6. The number of nitrogens with zero attached hydrogens (tertiary/aromatic N) is 1. The highest BCUT2D eigenvalue weighted by Crippen LogP contribution is 2.31. The van der Waals surface area contributed by atoms with E-state index in [-0.39, 0.29) is 5.91 Å². The number of nitrogens with one attached hydrogen (secondary N) is 1. The number of carbonyl (C=O) groups is 1. The van der Waals surface area contributed by atoms with Crippen LogP contribution in [0.4, 0.5) is 5.69 Å². The number of aryl methyl sites for hydroxylation is 1. The summed E-state index contributed by atoms with van der Waals surface area (Å²) >= 11 is 0. The smallest absolute Gasteiger partial charge is 0.257 e. The average Bonchev–Trinajstić information content (AvgIpc) is 2.69. The summed E-state index contributed by atoms with van der Waals surface area (Å²) < 4.78 is 16.3. The molecule has 0 unspecified atom stereocenters. The fraction of sp³-hybridized carbons (Fsp3) is 0.182. The van der Waals surface area contributed by atoms with Crippen molar-refractivity contribution in [2.24, 2.45) is 0 Å². The molecule has 0 aliphatic rings. The molecule has 3 aromatic rings. The number of aromatic nitrogens is 1. The molecule has 0 bridgehead atoms. The lowest BCUT2D eigenvalue weighted by Crippen LogP contribution is -2.14. The number of anilines is 1. The Labute approximate surface area is 164 Å². The molecule has 0 aliphatic heterocycles.